The van der Waals surface area contributed by atoms with Gasteiger partial charge in [-0.1, -0.05) is 12.1 Å². The number of nitrogens with zero attached hydrogens (tertiary/aromatic N) is 3. The highest BCUT2D eigenvalue weighted by Gasteiger charge is 2.22. The lowest BCUT2D eigenvalue weighted by atomic mass is 9.97. The Kier molecular flexibility index (Phi) is 6.97. The third kappa shape index (κ3) is 4.75. The van der Waals surface area contributed by atoms with Gasteiger partial charge in [-0.3, -0.25) is 9.59 Å². The molecule has 1 saturated heterocycles. The van der Waals surface area contributed by atoms with Gasteiger partial charge in [0.1, 0.15) is 10.7 Å². The van der Waals surface area contributed by atoms with E-state index in [1.165, 1.54) is 33.7 Å². The minimum atomic E-state index is -0.00204. The van der Waals surface area contributed by atoms with Gasteiger partial charge < -0.3 is 14.8 Å². The lowest BCUT2D eigenvalue weighted by Gasteiger charge is -2.37. The molecule has 0 saturated carbocycles. The van der Waals surface area contributed by atoms with E-state index in [-0.39, 0.29) is 11.5 Å². The van der Waals surface area contributed by atoms with E-state index in [0.717, 1.165) is 67.2 Å². The number of hydrogen-bond acceptors (Lipinski definition) is 6. The second kappa shape index (κ2) is 10.1. The Balaban J connectivity index is 1.11. The Morgan fingerprint density at radius 2 is 1.94 bits per heavy atom. The Bertz CT molecular complexity index is 1260. The number of benzene rings is 1. The molecule has 0 radical (unpaired) electrons. The molecular formula is C26H32N4O2S2. The highest BCUT2D eigenvalue weighted by Crippen LogP contribution is 2.33. The summed E-state index contributed by atoms with van der Waals surface area (Å²) in [5.41, 5.74) is 5.14. The number of aromatic amines is 1. The van der Waals surface area contributed by atoms with Crippen LogP contribution in [0, 0.1) is 13.8 Å². The summed E-state index contributed by atoms with van der Waals surface area (Å²) in [5, 5.41) is 0.809. The van der Waals surface area contributed by atoms with Crippen molar-refractivity contribution in [3.8, 4) is 0 Å². The highest BCUT2D eigenvalue weighted by atomic mass is 32.2. The molecule has 0 bridgehead atoms. The maximum Gasteiger partial charge on any atom is 0.259 e. The number of thiophene rings is 1. The molecule has 8 heteroatoms. The summed E-state index contributed by atoms with van der Waals surface area (Å²) in [6.07, 6.45) is 4.95. The van der Waals surface area contributed by atoms with Crippen molar-refractivity contribution < 1.29 is 4.79 Å². The van der Waals surface area contributed by atoms with Gasteiger partial charge in [-0.2, -0.15) is 11.8 Å². The smallest absolute Gasteiger partial charge is 0.259 e. The third-order valence-corrected chi connectivity index (χ3v) is 9.28. The summed E-state index contributed by atoms with van der Waals surface area (Å²) in [6, 6.07) is 6.43. The number of rotatable bonds is 6. The van der Waals surface area contributed by atoms with E-state index in [4.69, 9.17) is 4.98 Å². The zero-order valence-electron chi connectivity index (χ0n) is 20.0. The molecule has 1 N–H and O–H groups in total. The second-order valence-corrected chi connectivity index (χ2v) is 11.5. The lowest BCUT2D eigenvalue weighted by Crippen LogP contribution is -2.49. The highest BCUT2D eigenvalue weighted by molar-refractivity contribution is 7.98. The van der Waals surface area contributed by atoms with Crippen LogP contribution in [0.25, 0.3) is 10.2 Å². The molecule has 6 nitrogen and oxygen atoms in total. The van der Waals surface area contributed by atoms with Crippen LogP contribution < -0.4 is 10.5 Å². The molecule has 3 heterocycles. The second-order valence-electron chi connectivity index (χ2n) is 9.29. The molecule has 0 unspecified atom stereocenters. The Hall–Kier alpha value is -2.32. The molecule has 1 aliphatic heterocycles. The first-order chi connectivity index (χ1) is 16.5. The molecule has 0 atom stereocenters. The topological polar surface area (TPSA) is 69.3 Å². The molecule has 34 heavy (non-hydrogen) atoms. The normalized spacial score (nSPS) is 16.2. The van der Waals surface area contributed by atoms with Crippen LogP contribution in [0.15, 0.2) is 23.0 Å². The number of carbonyl (C=O) groups excluding carboxylic acids is 1. The van der Waals surface area contributed by atoms with Crippen molar-refractivity contribution in [2.75, 3.05) is 36.8 Å². The molecule has 1 fully saturated rings. The van der Waals surface area contributed by atoms with Gasteiger partial charge >= 0.3 is 0 Å². The Morgan fingerprint density at radius 3 is 2.76 bits per heavy atom. The standard InChI is InChI=1S/C26H32N4O2S2/c1-17-6-5-8-20(18(17)2)29-11-13-30(14-12-29)23(31)10-15-33-16-22-27-25(32)24-19-7-3-4-9-21(19)34-26(24)28-22/h5-6,8H,3-4,7,9-16H2,1-2H3,(H,27,28,32). The van der Waals surface area contributed by atoms with Crippen molar-refractivity contribution in [2.24, 2.45) is 0 Å². The van der Waals surface area contributed by atoms with Crippen molar-refractivity contribution >= 4 is 44.9 Å². The molecule has 2 aromatic heterocycles. The molecule has 0 spiro atoms. The SMILES string of the molecule is Cc1cccc(N2CCN(C(=O)CCSCc3nc4sc5c(c4c(=O)[nH]3)CCCC5)CC2)c1C. The van der Waals surface area contributed by atoms with Crippen LogP contribution >= 0.6 is 23.1 Å². The first kappa shape index (κ1) is 23.4. The average molecular weight is 497 g/mol. The van der Waals surface area contributed by atoms with E-state index in [9.17, 15) is 9.59 Å². The maximum absolute atomic E-state index is 12.7. The largest absolute Gasteiger partial charge is 0.368 e. The fourth-order valence-electron chi connectivity index (χ4n) is 5.04. The average Bonchev–Trinajstić information content (AvgIpc) is 3.22. The predicted molar refractivity (Wildman–Crippen MR) is 142 cm³/mol. The van der Waals surface area contributed by atoms with Gasteiger partial charge in [0.2, 0.25) is 5.91 Å². The van der Waals surface area contributed by atoms with E-state index in [1.807, 2.05) is 4.90 Å². The number of carbonyl (C=O) groups is 1. The number of hydrogen-bond donors (Lipinski definition) is 1. The van der Waals surface area contributed by atoms with Gasteiger partial charge in [0.15, 0.2) is 0 Å². The van der Waals surface area contributed by atoms with E-state index in [1.54, 1.807) is 23.1 Å². The number of thioether (sulfide) groups is 1. The molecule has 1 aromatic carbocycles. The first-order valence-corrected chi connectivity index (χ1v) is 14.2. The van der Waals surface area contributed by atoms with Crippen LogP contribution in [0.5, 0.6) is 0 Å². The van der Waals surface area contributed by atoms with Gasteiger partial charge in [0, 0.05) is 48.9 Å². The Morgan fingerprint density at radius 1 is 1.15 bits per heavy atom. The molecule has 3 aromatic rings. The molecule has 1 aliphatic carbocycles. The van der Waals surface area contributed by atoms with E-state index < -0.39 is 0 Å². The summed E-state index contributed by atoms with van der Waals surface area (Å²) < 4.78 is 0. The zero-order chi connectivity index (χ0) is 23.7. The quantitative estimate of drug-likeness (QED) is 0.511. The minimum Gasteiger partial charge on any atom is -0.368 e. The monoisotopic (exact) mass is 496 g/mol. The van der Waals surface area contributed by atoms with E-state index in [2.05, 4.69) is 41.9 Å². The number of amides is 1. The molecule has 2 aliphatic rings. The lowest BCUT2D eigenvalue weighted by molar-refractivity contribution is -0.131. The van der Waals surface area contributed by atoms with Crippen molar-refractivity contribution in [2.45, 2.75) is 51.7 Å². The van der Waals surface area contributed by atoms with Crippen molar-refractivity contribution in [1.29, 1.82) is 0 Å². The minimum absolute atomic E-state index is 0.00204. The first-order valence-electron chi connectivity index (χ1n) is 12.2. The molecule has 180 valence electrons. The number of H-pyrrole nitrogens is 1. The van der Waals surface area contributed by atoms with Gasteiger partial charge in [0.05, 0.1) is 11.1 Å². The number of aromatic nitrogens is 2. The number of fused-ring (bicyclic) bond motifs is 3. The van der Waals surface area contributed by atoms with Gasteiger partial charge in [0.25, 0.3) is 5.56 Å². The van der Waals surface area contributed by atoms with Gasteiger partial charge in [-0.15, -0.1) is 11.3 Å². The van der Waals surface area contributed by atoms with Crippen LogP contribution in [0.1, 0.15) is 46.7 Å². The number of piperazine rings is 1. The van der Waals surface area contributed by atoms with Gasteiger partial charge in [-0.25, -0.2) is 4.98 Å². The van der Waals surface area contributed by atoms with Crippen molar-refractivity contribution in [3.05, 3.63) is 55.9 Å². The summed E-state index contributed by atoms with van der Waals surface area (Å²) in [7, 11) is 0. The van der Waals surface area contributed by atoms with Crippen LogP contribution in [0.4, 0.5) is 5.69 Å². The summed E-state index contributed by atoms with van der Waals surface area (Å²) in [5.74, 6) is 2.30. The summed E-state index contributed by atoms with van der Waals surface area (Å²) in [6.45, 7) is 7.61. The van der Waals surface area contributed by atoms with Crippen LogP contribution in [0.2, 0.25) is 0 Å². The van der Waals surface area contributed by atoms with E-state index >= 15 is 0 Å². The fourth-order valence-corrected chi connectivity index (χ4v) is 7.11. The Labute approximate surface area is 208 Å². The number of nitrogens with one attached hydrogen (secondary N) is 1. The third-order valence-electron chi connectivity index (χ3n) is 7.12. The zero-order valence-corrected chi connectivity index (χ0v) is 21.6. The number of aryl methyl sites for hydroxylation is 3. The predicted octanol–water partition coefficient (Wildman–Crippen LogP) is 4.45. The maximum atomic E-state index is 12.7. The number of anilines is 1. The molecular weight excluding hydrogens is 464 g/mol. The summed E-state index contributed by atoms with van der Waals surface area (Å²) >= 11 is 3.35. The van der Waals surface area contributed by atoms with Crippen LogP contribution in [-0.4, -0.2) is 52.7 Å². The van der Waals surface area contributed by atoms with Crippen LogP contribution in [0.3, 0.4) is 0 Å². The summed E-state index contributed by atoms with van der Waals surface area (Å²) in [4.78, 5) is 39.7. The van der Waals surface area contributed by atoms with Gasteiger partial charge in [-0.05, 0) is 62.3 Å². The molecule has 1 amide bonds. The van der Waals surface area contributed by atoms with E-state index in [0.29, 0.717) is 12.2 Å². The van der Waals surface area contributed by atoms with Crippen molar-refractivity contribution in [1.82, 2.24) is 14.9 Å². The van der Waals surface area contributed by atoms with Crippen molar-refractivity contribution in [3.63, 3.8) is 0 Å². The molecule has 5 rings (SSSR count). The fraction of sp³-hybridized carbons (Fsp3) is 0.500. The van der Waals surface area contributed by atoms with Crippen LogP contribution in [-0.2, 0) is 23.4 Å².